The lowest BCUT2D eigenvalue weighted by atomic mass is 10.1. The van der Waals surface area contributed by atoms with Crippen LogP contribution in [0, 0.1) is 0 Å². The molecule has 0 aliphatic heterocycles. The van der Waals surface area contributed by atoms with Crippen molar-refractivity contribution in [3.8, 4) is 5.19 Å². The zero-order valence-electron chi connectivity index (χ0n) is 7.75. The Bertz CT molecular complexity index is 316. The van der Waals surface area contributed by atoms with Crippen molar-refractivity contribution in [1.29, 1.82) is 0 Å². The van der Waals surface area contributed by atoms with E-state index in [1.807, 2.05) is 0 Å². The third kappa shape index (κ3) is 2.10. The second-order valence-corrected chi connectivity index (χ2v) is 4.06. The second-order valence-electron chi connectivity index (χ2n) is 3.24. The van der Waals surface area contributed by atoms with Gasteiger partial charge < -0.3 is 4.74 Å². The summed E-state index contributed by atoms with van der Waals surface area (Å²) in [7, 11) is 1.66. The highest BCUT2D eigenvalue weighted by molar-refractivity contribution is 7.11. The van der Waals surface area contributed by atoms with Crippen LogP contribution in [-0.4, -0.2) is 12.1 Å². The largest absolute Gasteiger partial charge is 0.473 e. The molecule has 0 radical (unpaired) electrons. The standard InChI is InChI=1S/C10H13NOS/c1-12-10-11-9(7-13-10)6-8-4-2-3-5-8/h4,7H,2-3,5-6H2,1H3. The number of aromatic nitrogens is 1. The van der Waals surface area contributed by atoms with Crippen molar-refractivity contribution in [3.05, 3.63) is 22.7 Å². The lowest BCUT2D eigenvalue weighted by Gasteiger charge is -1.96. The SMILES string of the molecule is COc1nc(CC2=CCCC2)cs1. The van der Waals surface area contributed by atoms with Gasteiger partial charge in [-0.3, -0.25) is 0 Å². The van der Waals surface area contributed by atoms with Gasteiger partial charge in [0.1, 0.15) is 0 Å². The van der Waals surface area contributed by atoms with Crippen LogP contribution >= 0.6 is 11.3 Å². The molecular weight excluding hydrogens is 182 g/mol. The van der Waals surface area contributed by atoms with Gasteiger partial charge >= 0.3 is 0 Å². The maximum Gasteiger partial charge on any atom is 0.273 e. The van der Waals surface area contributed by atoms with E-state index in [0.29, 0.717) is 0 Å². The average Bonchev–Trinajstić information content (AvgIpc) is 2.76. The molecule has 0 saturated heterocycles. The smallest absolute Gasteiger partial charge is 0.273 e. The predicted octanol–water partition coefficient (Wildman–Crippen LogP) is 2.80. The first-order valence-electron chi connectivity index (χ1n) is 4.55. The molecule has 1 aliphatic rings. The predicted molar refractivity (Wildman–Crippen MR) is 54.3 cm³/mol. The van der Waals surface area contributed by atoms with Crippen LogP contribution in [-0.2, 0) is 6.42 Å². The summed E-state index contributed by atoms with van der Waals surface area (Å²) >= 11 is 1.57. The lowest BCUT2D eigenvalue weighted by molar-refractivity contribution is 0.411. The Morgan fingerprint density at radius 2 is 2.54 bits per heavy atom. The minimum absolute atomic E-state index is 0.772. The van der Waals surface area contributed by atoms with E-state index in [-0.39, 0.29) is 0 Å². The Labute approximate surface area is 82.3 Å². The summed E-state index contributed by atoms with van der Waals surface area (Å²) in [6, 6.07) is 0. The fourth-order valence-electron chi connectivity index (χ4n) is 1.59. The Hall–Kier alpha value is -0.830. The molecule has 0 atom stereocenters. The van der Waals surface area contributed by atoms with Crippen LogP contribution in [0.25, 0.3) is 0 Å². The van der Waals surface area contributed by atoms with Crippen molar-refractivity contribution in [1.82, 2.24) is 4.98 Å². The van der Waals surface area contributed by atoms with E-state index in [1.54, 1.807) is 18.4 Å². The summed E-state index contributed by atoms with van der Waals surface area (Å²) in [6.07, 6.45) is 7.17. The summed E-state index contributed by atoms with van der Waals surface area (Å²) in [6.45, 7) is 0. The van der Waals surface area contributed by atoms with Gasteiger partial charge in [0, 0.05) is 11.8 Å². The van der Waals surface area contributed by atoms with Gasteiger partial charge in [-0.1, -0.05) is 23.0 Å². The van der Waals surface area contributed by atoms with E-state index in [1.165, 1.54) is 24.8 Å². The zero-order chi connectivity index (χ0) is 9.10. The van der Waals surface area contributed by atoms with Crippen molar-refractivity contribution in [2.24, 2.45) is 0 Å². The van der Waals surface area contributed by atoms with E-state index in [9.17, 15) is 0 Å². The Morgan fingerprint density at radius 1 is 1.62 bits per heavy atom. The van der Waals surface area contributed by atoms with E-state index in [2.05, 4.69) is 16.4 Å². The highest BCUT2D eigenvalue weighted by Crippen LogP contribution is 2.24. The van der Waals surface area contributed by atoms with Crippen LogP contribution < -0.4 is 4.74 Å². The Morgan fingerprint density at radius 3 is 3.15 bits per heavy atom. The molecular formula is C10H13NOS. The van der Waals surface area contributed by atoms with Crippen LogP contribution in [0.4, 0.5) is 0 Å². The third-order valence-electron chi connectivity index (χ3n) is 2.25. The van der Waals surface area contributed by atoms with Crippen molar-refractivity contribution in [2.75, 3.05) is 7.11 Å². The summed E-state index contributed by atoms with van der Waals surface area (Å²) in [5.74, 6) is 0. The topological polar surface area (TPSA) is 22.1 Å². The van der Waals surface area contributed by atoms with E-state index < -0.39 is 0 Å². The molecule has 3 heteroatoms. The van der Waals surface area contributed by atoms with Crippen molar-refractivity contribution >= 4 is 11.3 Å². The van der Waals surface area contributed by atoms with Crippen LogP contribution in [0.3, 0.4) is 0 Å². The molecule has 0 N–H and O–H groups in total. The van der Waals surface area contributed by atoms with E-state index in [4.69, 9.17) is 4.74 Å². The van der Waals surface area contributed by atoms with Gasteiger partial charge in [0.2, 0.25) is 0 Å². The summed E-state index contributed by atoms with van der Waals surface area (Å²) in [4.78, 5) is 4.35. The number of hydrogen-bond acceptors (Lipinski definition) is 3. The molecule has 2 nitrogen and oxygen atoms in total. The van der Waals surface area contributed by atoms with Crippen molar-refractivity contribution in [2.45, 2.75) is 25.7 Å². The van der Waals surface area contributed by atoms with Crippen LogP contribution in [0.1, 0.15) is 25.0 Å². The molecule has 0 aromatic carbocycles. The third-order valence-corrected chi connectivity index (χ3v) is 3.10. The molecule has 0 fully saturated rings. The number of methoxy groups -OCH3 is 1. The van der Waals surface area contributed by atoms with Gasteiger partial charge in [0.05, 0.1) is 12.8 Å². The molecule has 0 spiro atoms. The number of allylic oxidation sites excluding steroid dienone is 2. The van der Waals surface area contributed by atoms with E-state index >= 15 is 0 Å². The maximum atomic E-state index is 5.05. The van der Waals surface area contributed by atoms with Crippen LogP contribution in [0.15, 0.2) is 17.0 Å². The molecule has 0 bridgehead atoms. The van der Waals surface area contributed by atoms with Gasteiger partial charge in [-0.05, 0) is 19.3 Å². The van der Waals surface area contributed by atoms with E-state index in [0.717, 1.165) is 17.3 Å². The number of rotatable bonds is 3. The van der Waals surface area contributed by atoms with Gasteiger partial charge in [-0.2, -0.15) is 0 Å². The summed E-state index contributed by atoms with van der Waals surface area (Å²) < 4.78 is 5.05. The quantitative estimate of drug-likeness (QED) is 0.692. The summed E-state index contributed by atoms with van der Waals surface area (Å²) in [5.41, 5.74) is 2.68. The fourth-order valence-corrected chi connectivity index (χ4v) is 2.23. The molecule has 13 heavy (non-hydrogen) atoms. The van der Waals surface area contributed by atoms with Gasteiger partial charge in [-0.15, -0.1) is 0 Å². The maximum absolute atomic E-state index is 5.05. The number of ether oxygens (including phenoxy) is 1. The normalized spacial score (nSPS) is 15.9. The molecule has 1 aromatic heterocycles. The highest BCUT2D eigenvalue weighted by atomic mass is 32.1. The van der Waals surface area contributed by atoms with Crippen molar-refractivity contribution in [3.63, 3.8) is 0 Å². The second kappa shape index (κ2) is 3.92. The minimum Gasteiger partial charge on any atom is -0.473 e. The first-order chi connectivity index (χ1) is 6.38. The molecule has 0 unspecified atom stereocenters. The average molecular weight is 195 g/mol. The monoisotopic (exact) mass is 195 g/mol. The first-order valence-corrected chi connectivity index (χ1v) is 5.43. The zero-order valence-corrected chi connectivity index (χ0v) is 8.56. The number of thiazole rings is 1. The first kappa shape index (κ1) is 8.75. The summed E-state index contributed by atoms with van der Waals surface area (Å²) in [5, 5.41) is 2.85. The highest BCUT2D eigenvalue weighted by Gasteiger charge is 2.08. The molecule has 0 amide bonds. The lowest BCUT2D eigenvalue weighted by Crippen LogP contribution is -1.88. The molecule has 1 aromatic rings. The molecule has 0 saturated carbocycles. The molecule has 1 aliphatic carbocycles. The molecule has 70 valence electrons. The molecule has 2 rings (SSSR count). The van der Waals surface area contributed by atoms with Gasteiger partial charge in [0.25, 0.3) is 5.19 Å². The minimum atomic E-state index is 0.772. The Kier molecular flexibility index (Phi) is 2.64. The fraction of sp³-hybridized carbons (Fsp3) is 0.500. The van der Waals surface area contributed by atoms with Gasteiger partial charge in [0.15, 0.2) is 0 Å². The van der Waals surface area contributed by atoms with Crippen molar-refractivity contribution < 1.29 is 4.74 Å². The number of nitrogens with zero attached hydrogens (tertiary/aromatic N) is 1. The Balaban J connectivity index is 2.00. The van der Waals surface area contributed by atoms with Crippen LogP contribution in [0.2, 0.25) is 0 Å². The number of hydrogen-bond donors (Lipinski definition) is 0. The molecule has 1 heterocycles. The van der Waals surface area contributed by atoms with Crippen LogP contribution in [0.5, 0.6) is 5.19 Å². The van der Waals surface area contributed by atoms with Gasteiger partial charge in [-0.25, -0.2) is 4.98 Å².